The second kappa shape index (κ2) is 9.21. The molecule has 0 unspecified atom stereocenters. The summed E-state index contributed by atoms with van der Waals surface area (Å²) >= 11 is 0. The van der Waals surface area contributed by atoms with E-state index in [-0.39, 0.29) is 12.3 Å². The minimum Gasteiger partial charge on any atom is -0.390 e. The number of benzene rings is 1. The number of aryl methyl sites for hydroxylation is 2. The van der Waals surface area contributed by atoms with Crippen LogP contribution in [0.15, 0.2) is 42.9 Å². The van der Waals surface area contributed by atoms with Gasteiger partial charge in [0.2, 0.25) is 0 Å². The number of nitrogens with zero attached hydrogens (tertiary/aromatic N) is 10. The average Bonchev–Trinajstić information content (AvgIpc) is 3.53. The molecule has 13 heteroatoms. The van der Waals surface area contributed by atoms with E-state index < -0.39 is 4.92 Å². The SMILES string of the molecule is O=[N+]([O-])c1ccc(-c2cn(CCCCn3cc(Cn4cc(CO)nn4)nn3)nn2)cc1. The zero-order valence-corrected chi connectivity index (χ0v) is 16.5. The van der Waals surface area contributed by atoms with Crippen LogP contribution in [0.3, 0.4) is 0 Å². The summed E-state index contributed by atoms with van der Waals surface area (Å²) in [6.07, 6.45) is 7.12. The summed E-state index contributed by atoms with van der Waals surface area (Å²) in [6, 6.07) is 6.24. The molecule has 0 aliphatic carbocycles. The van der Waals surface area contributed by atoms with E-state index in [0.29, 0.717) is 24.5 Å². The van der Waals surface area contributed by atoms with E-state index >= 15 is 0 Å². The van der Waals surface area contributed by atoms with Gasteiger partial charge in [-0.05, 0) is 25.0 Å². The number of hydrogen-bond donors (Lipinski definition) is 1. The van der Waals surface area contributed by atoms with Gasteiger partial charge >= 0.3 is 0 Å². The van der Waals surface area contributed by atoms with Crippen molar-refractivity contribution >= 4 is 5.69 Å². The van der Waals surface area contributed by atoms with Crippen molar-refractivity contribution in [1.29, 1.82) is 0 Å². The lowest BCUT2D eigenvalue weighted by molar-refractivity contribution is -0.384. The van der Waals surface area contributed by atoms with Gasteiger partial charge in [0.05, 0.1) is 36.7 Å². The predicted molar refractivity (Wildman–Crippen MR) is 106 cm³/mol. The fourth-order valence-corrected chi connectivity index (χ4v) is 3.02. The van der Waals surface area contributed by atoms with Gasteiger partial charge in [0.1, 0.15) is 17.1 Å². The van der Waals surface area contributed by atoms with Gasteiger partial charge in [-0.1, -0.05) is 15.6 Å². The topological polar surface area (TPSA) is 156 Å². The normalized spacial score (nSPS) is 11.1. The molecule has 0 saturated carbocycles. The standard InChI is InChI=1S/C18H20N10O3/c29-13-16-11-27(23-20-16)10-15-9-25(22-19-15)7-1-2-8-26-12-18(21-24-26)14-3-5-17(6-4-14)28(30)31/h3-6,9,11-12,29H,1-2,7-8,10,13H2. The molecule has 1 N–H and O–H groups in total. The molecule has 1 aromatic carbocycles. The highest BCUT2D eigenvalue weighted by Gasteiger charge is 2.08. The number of unbranched alkanes of at least 4 members (excludes halogenated alkanes) is 1. The van der Waals surface area contributed by atoms with Crippen LogP contribution in [0.25, 0.3) is 11.3 Å². The van der Waals surface area contributed by atoms with Crippen LogP contribution >= 0.6 is 0 Å². The Morgan fingerprint density at radius 1 is 0.839 bits per heavy atom. The molecule has 0 fully saturated rings. The van der Waals surface area contributed by atoms with Crippen LogP contribution < -0.4 is 0 Å². The van der Waals surface area contributed by atoms with Gasteiger partial charge in [0.25, 0.3) is 5.69 Å². The maximum Gasteiger partial charge on any atom is 0.269 e. The third-order valence-corrected chi connectivity index (χ3v) is 4.60. The first-order valence-corrected chi connectivity index (χ1v) is 9.64. The Hall–Kier alpha value is -4.00. The minimum atomic E-state index is -0.430. The second-order valence-electron chi connectivity index (χ2n) is 6.92. The summed E-state index contributed by atoms with van der Waals surface area (Å²) < 4.78 is 5.14. The Bertz CT molecular complexity index is 1150. The molecule has 160 valence electrons. The first kappa shape index (κ1) is 20.3. The number of aromatic nitrogens is 9. The van der Waals surface area contributed by atoms with E-state index in [1.807, 2.05) is 12.4 Å². The van der Waals surface area contributed by atoms with Crippen LogP contribution in [0.4, 0.5) is 5.69 Å². The maximum absolute atomic E-state index is 10.7. The summed E-state index contributed by atoms with van der Waals surface area (Å²) in [6.45, 7) is 1.71. The van der Waals surface area contributed by atoms with E-state index in [2.05, 4.69) is 30.9 Å². The van der Waals surface area contributed by atoms with Gasteiger partial charge in [0.15, 0.2) is 0 Å². The number of aliphatic hydroxyl groups excluding tert-OH is 1. The largest absolute Gasteiger partial charge is 0.390 e. The van der Waals surface area contributed by atoms with Crippen LogP contribution in [-0.2, 0) is 26.2 Å². The fraction of sp³-hybridized carbons (Fsp3) is 0.333. The molecule has 4 aromatic rings. The van der Waals surface area contributed by atoms with E-state index in [9.17, 15) is 10.1 Å². The Balaban J connectivity index is 1.23. The van der Waals surface area contributed by atoms with Crippen molar-refractivity contribution in [2.45, 2.75) is 39.1 Å². The summed E-state index contributed by atoms with van der Waals surface area (Å²) in [5.41, 5.74) is 2.78. The van der Waals surface area contributed by atoms with Crippen LogP contribution in [0.5, 0.6) is 0 Å². The number of hydrogen-bond acceptors (Lipinski definition) is 9. The van der Waals surface area contributed by atoms with E-state index in [1.165, 1.54) is 12.1 Å². The number of nitro groups is 1. The van der Waals surface area contributed by atoms with Gasteiger partial charge in [0, 0.05) is 30.8 Å². The maximum atomic E-state index is 10.7. The molecule has 3 heterocycles. The molecule has 0 aliphatic rings. The highest BCUT2D eigenvalue weighted by Crippen LogP contribution is 2.20. The summed E-state index contributed by atoms with van der Waals surface area (Å²) in [7, 11) is 0. The van der Waals surface area contributed by atoms with E-state index in [0.717, 1.165) is 30.6 Å². The number of nitro benzene ring substituents is 1. The second-order valence-corrected chi connectivity index (χ2v) is 6.92. The van der Waals surface area contributed by atoms with Crippen LogP contribution in [0.1, 0.15) is 24.2 Å². The molecule has 0 saturated heterocycles. The highest BCUT2D eigenvalue weighted by atomic mass is 16.6. The predicted octanol–water partition coefficient (Wildman–Crippen LogP) is 1.06. The molecular weight excluding hydrogens is 404 g/mol. The Labute approximate surface area is 176 Å². The van der Waals surface area contributed by atoms with E-state index in [4.69, 9.17) is 5.11 Å². The minimum absolute atomic E-state index is 0.0450. The van der Waals surface area contributed by atoms with Gasteiger partial charge in [-0.25, -0.2) is 4.68 Å². The van der Waals surface area contributed by atoms with E-state index in [1.54, 1.807) is 32.4 Å². The van der Waals surface area contributed by atoms with Crippen molar-refractivity contribution in [3.8, 4) is 11.3 Å². The van der Waals surface area contributed by atoms with Crippen molar-refractivity contribution in [2.24, 2.45) is 0 Å². The highest BCUT2D eigenvalue weighted by molar-refractivity contribution is 5.59. The molecular formula is C18H20N10O3. The van der Waals surface area contributed by atoms with Crippen LogP contribution in [-0.4, -0.2) is 55.0 Å². The Morgan fingerprint density at radius 3 is 2.13 bits per heavy atom. The van der Waals surface area contributed by atoms with Crippen LogP contribution in [0.2, 0.25) is 0 Å². The zero-order chi connectivity index (χ0) is 21.6. The molecule has 0 amide bonds. The molecule has 0 atom stereocenters. The lowest BCUT2D eigenvalue weighted by Crippen LogP contribution is -2.03. The molecule has 0 spiro atoms. The molecule has 0 bridgehead atoms. The van der Waals surface area contributed by atoms with Gasteiger partial charge in [-0.3, -0.25) is 19.5 Å². The van der Waals surface area contributed by atoms with Crippen molar-refractivity contribution in [3.05, 3.63) is 64.4 Å². The van der Waals surface area contributed by atoms with Gasteiger partial charge in [-0.15, -0.1) is 15.3 Å². The third-order valence-electron chi connectivity index (χ3n) is 4.60. The lowest BCUT2D eigenvalue weighted by atomic mass is 10.1. The van der Waals surface area contributed by atoms with Crippen molar-refractivity contribution in [3.63, 3.8) is 0 Å². The van der Waals surface area contributed by atoms with Crippen LogP contribution in [0, 0.1) is 10.1 Å². The van der Waals surface area contributed by atoms with Gasteiger partial charge in [-0.2, -0.15) is 0 Å². The summed E-state index contributed by atoms with van der Waals surface area (Å²) in [5.74, 6) is 0. The third kappa shape index (κ3) is 5.14. The average molecular weight is 424 g/mol. The van der Waals surface area contributed by atoms with Crippen molar-refractivity contribution in [2.75, 3.05) is 0 Å². The quantitative estimate of drug-likeness (QED) is 0.223. The molecule has 0 radical (unpaired) electrons. The Kier molecular flexibility index (Phi) is 6.03. The summed E-state index contributed by atoms with van der Waals surface area (Å²) in [5, 5.41) is 44.0. The number of rotatable bonds is 10. The van der Waals surface area contributed by atoms with Crippen molar-refractivity contribution < 1.29 is 10.0 Å². The smallest absolute Gasteiger partial charge is 0.269 e. The molecule has 3 aromatic heterocycles. The number of aliphatic hydroxyl groups is 1. The van der Waals surface area contributed by atoms with Crippen molar-refractivity contribution in [1.82, 2.24) is 45.0 Å². The molecule has 31 heavy (non-hydrogen) atoms. The first-order valence-electron chi connectivity index (χ1n) is 9.64. The lowest BCUT2D eigenvalue weighted by Gasteiger charge is -2.01. The van der Waals surface area contributed by atoms with Gasteiger partial charge < -0.3 is 5.11 Å². The zero-order valence-electron chi connectivity index (χ0n) is 16.5. The molecule has 13 nitrogen and oxygen atoms in total. The number of non-ortho nitro benzene ring substituents is 1. The molecule has 0 aliphatic heterocycles. The molecule has 4 rings (SSSR count). The first-order chi connectivity index (χ1) is 15.1. The summed E-state index contributed by atoms with van der Waals surface area (Å²) in [4.78, 5) is 10.3. The Morgan fingerprint density at radius 2 is 1.45 bits per heavy atom. The fourth-order valence-electron chi connectivity index (χ4n) is 3.02. The monoisotopic (exact) mass is 424 g/mol.